The number of aromatic nitrogens is 1. The summed E-state index contributed by atoms with van der Waals surface area (Å²) in [5.41, 5.74) is 5.68. The number of fused-ring (bicyclic) bond motifs is 1. The smallest absolute Gasteiger partial charge is 0.221 e. The highest BCUT2D eigenvalue weighted by Crippen LogP contribution is 2.39. The third-order valence-electron chi connectivity index (χ3n) is 5.19. The Labute approximate surface area is 153 Å². The van der Waals surface area contributed by atoms with Crippen molar-refractivity contribution in [3.8, 4) is 0 Å². The van der Waals surface area contributed by atoms with Crippen molar-refractivity contribution in [2.45, 2.75) is 45.3 Å². The number of anilines is 1. The van der Waals surface area contributed by atoms with Crippen LogP contribution in [0.1, 0.15) is 42.4 Å². The summed E-state index contributed by atoms with van der Waals surface area (Å²) >= 11 is 0. The topological polar surface area (TPSA) is 54.1 Å². The standard InChI is InChI=1S/C22H24N2O2/c1-14-3-6-17(7-4-14)18-10-19(11-18)26-13-16-5-8-21-20(9-16)22(12-23-21)24-15(2)25/h3-9,12,18-19,23H,10-11,13H2,1-2H3,(H,24,25)/t18-,19+. The third-order valence-corrected chi connectivity index (χ3v) is 5.19. The van der Waals surface area contributed by atoms with E-state index >= 15 is 0 Å². The van der Waals surface area contributed by atoms with Gasteiger partial charge in [0.15, 0.2) is 0 Å². The first kappa shape index (κ1) is 16.9. The zero-order chi connectivity index (χ0) is 18.1. The number of ether oxygens (including phenoxy) is 1. The fourth-order valence-electron chi connectivity index (χ4n) is 3.58. The van der Waals surface area contributed by atoms with Crippen LogP contribution < -0.4 is 5.32 Å². The van der Waals surface area contributed by atoms with E-state index in [0.717, 1.165) is 35.0 Å². The zero-order valence-corrected chi connectivity index (χ0v) is 15.2. The minimum Gasteiger partial charge on any atom is -0.373 e. The van der Waals surface area contributed by atoms with Crippen molar-refractivity contribution in [3.63, 3.8) is 0 Å². The molecule has 1 aliphatic carbocycles. The predicted molar refractivity (Wildman–Crippen MR) is 104 cm³/mol. The SMILES string of the molecule is CC(=O)Nc1c[nH]c2ccc(CO[C@H]3C[C@@H](c4ccc(C)cc4)C3)cc12. The van der Waals surface area contributed by atoms with E-state index in [4.69, 9.17) is 4.74 Å². The highest BCUT2D eigenvalue weighted by atomic mass is 16.5. The molecule has 0 atom stereocenters. The van der Waals surface area contributed by atoms with Crippen LogP contribution >= 0.6 is 0 Å². The lowest BCUT2D eigenvalue weighted by Crippen LogP contribution is -2.29. The molecule has 26 heavy (non-hydrogen) atoms. The lowest BCUT2D eigenvalue weighted by molar-refractivity contribution is -0.114. The molecule has 1 heterocycles. The molecule has 1 amide bonds. The van der Waals surface area contributed by atoms with Gasteiger partial charge >= 0.3 is 0 Å². The summed E-state index contributed by atoms with van der Waals surface area (Å²) in [5, 5.41) is 3.88. The molecule has 0 radical (unpaired) electrons. The number of aryl methyl sites for hydroxylation is 1. The quantitative estimate of drug-likeness (QED) is 0.689. The zero-order valence-electron chi connectivity index (χ0n) is 15.2. The van der Waals surface area contributed by atoms with Gasteiger partial charge in [-0.3, -0.25) is 4.79 Å². The van der Waals surface area contributed by atoms with Gasteiger partial charge in [-0.1, -0.05) is 35.9 Å². The van der Waals surface area contributed by atoms with Crippen molar-refractivity contribution in [1.82, 2.24) is 4.98 Å². The van der Waals surface area contributed by atoms with Crippen LogP contribution in [0.15, 0.2) is 48.7 Å². The van der Waals surface area contributed by atoms with Gasteiger partial charge in [0, 0.05) is 24.0 Å². The first-order valence-electron chi connectivity index (χ1n) is 9.14. The van der Waals surface area contributed by atoms with Gasteiger partial charge in [-0.2, -0.15) is 0 Å². The van der Waals surface area contributed by atoms with E-state index < -0.39 is 0 Å². The Balaban J connectivity index is 1.35. The first-order valence-corrected chi connectivity index (χ1v) is 9.14. The molecule has 2 aromatic carbocycles. The second-order valence-corrected chi connectivity index (χ2v) is 7.28. The molecule has 0 saturated heterocycles. The van der Waals surface area contributed by atoms with Gasteiger partial charge < -0.3 is 15.0 Å². The van der Waals surface area contributed by atoms with Crippen molar-refractivity contribution < 1.29 is 9.53 Å². The number of rotatable bonds is 5. The number of nitrogens with one attached hydrogen (secondary N) is 2. The molecule has 0 spiro atoms. The van der Waals surface area contributed by atoms with Crippen molar-refractivity contribution in [2.24, 2.45) is 0 Å². The van der Waals surface area contributed by atoms with Crippen LogP contribution in [-0.2, 0) is 16.1 Å². The van der Waals surface area contributed by atoms with Crippen LogP contribution in [0.25, 0.3) is 10.9 Å². The number of hydrogen-bond acceptors (Lipinski definition) is 2. The van der Waals surface area contributed by atoms with Crippen molar-refractivity contribution in [2.75, 3.05) is 5.32 Å². The summed E-state index contributed by atoms with van der Waals surface area (Å²) in [4.78, 5) is 14.5. The maximum atomic E-state index is 11.3. The molecule has 4 nitrogen and oxygen atoms in total. The van der Waals surface area contributed by atoms with E-state index in [2.05, 4.69) is 53.6 Å². The molecule has 1 aromatic heterocycles. The van der Waals surface area contributed by atoms with Crippen LogP contribution in [0.3, 0.4) is 0 Å². The number of aromatic amines is 1. The normalized spacial score (nSPS) is 19.3. The Kier molecular flexibility index (Phi) is 4.51. The molecule has 2 N–H and O–H groups in total. The van der Waals surface area contributed by atoms with E-state index in [1.54, 1.807) is 0 Å². The summed E-state index contributed by atoms with van der Waals surface area (Å²) < 4.78 is 6.09. The van der Waals surface area contributed by atoms with Gasteiger partial charge in [-0.05, 0) is 48.9 Å². The molecule has 0 aliphatic heterocycles. The van der Waals surface area contributed by atoms with Gasteiger partial charge in [0.2, 0.25) is 5.91 Å². The number of benzene rings is 2. The summed E-state index contributed by atoms with van der Waals surface area (Å²) in [6, 6.07) is 15.0. The molecule has 134 valence electrons. The summed E-state index contributed by atoms with van der Waals surface area (Å²) in [6.45, 7) is 4.24. The molecule has 1 aliphatic rings. The monoisotopic (exact) mass is 348 g/mol. The van der Waals surface area contributed by atoms with Crippen LogP contribution in [0.5, 0.6) is 0 Å². The maximum Gasteiger partial charge on any atom is 0.221 e. The van der Waals surface area contributed by atoms with Crippen LogP contribution in [0.4, 0.5) is 5.69 Å². The lowest BCUT2D eigenvalue weighted by atomic mass is 9.77. The molecule has 4 rings (SSSR count). The number of carbonyl (C=O) groups excluding carboxylic acids is 1. The van der Waals surface area contributed by atoms with E-state index in [1.807, 2.05) is 12.3 Å². The van der Waals surface area contributed by atoms with Gasteiger partial charge in [0.25, 0.3) is 0 Å². The Morgan fingerprint density at radius 3 is 2.69 bits per heavy atom. The Morgan fingerprint density at radius 1 is 1.19 bits per heavy atom. The summed E-state index contributed by atoms with van der Waals surface area (Å²) in [7, 11) is 0. The highest BCUT2D eigenvalue weighted by molar-refractivity contribution is 6.01. The molecule has 0 unspecified atom stereocenters. The fourth-order valence-corrected chi connectivity index (χ4v) is 3.58. The number of carbonyl (C=O) groups is 1. The van der Waals surface area contributed by atoms with Crippen LogP contribution in [-0.4, -0.2) is 17.0 Å². The fraction of sp³-hybridized carbons (Fsp3) is 0.318. The van der Waals surface area contributed by atoms with Crippen molar-refractivity contribution >= 4 is 22.5 Å². The average Bonchev–Trinajstić information content (AvgIpc) is 2.97. The van der Waals surface area contributed by atoms with E-state index in [1.165, 1.54) is 18.1 Å². The summed E-state index contributed by atoms with van der Waals surface area (Å²) in [6.07, 6.45) is 4.34. The highest BCUT2D eigenvalue weighted by Gasteiger charge is 2.30. The van der Waals surface area contributed by atoms with Crippen molar-refractivity contribution in [3.05, 3.63) is 65.4 Å². The van der Waals surface area contributed by atoms with E-state index in [-0.39, 0.29) is 5.91 Å². The molecule has 1 saturated carbocycles. The number of H-pyrrole nitrogens is 1. The largest absolute Gasteiger partial charge is 0.373 e. The second-order valence-electron chi connectivity index (χ2n) is 7.28. The third kappa shape index (κ3) is 3.51. The Morgan fingerprint density at radius 2 is 1.96 bits per heavy atom. The molecular weight excluding hydrogens is 324 g/mol. The lowest BCUT2D eigenvalue weighted by Gasteiger charge is -2.35. The number of amides is 1. The van der Waals surface area contributed by atoms with E-state index in [9.17, 15) is 4.79 Å². The predicted octanol–water partition coefficient (Wildman–Crippen LogP) is 4.90. The van der Waals surface area contributed by atoms with Crippen molar-refractivity contribution in [1.29, 1.82) is 0 Å². The molecule has 1 fully saturated rings. The van der Waals surface area contributed by atoms with Gasteiger partial charge in [-0.25, -0.2) is 0 Å². The number of hydrogen-bond donors (Lipinski definition) is 2. The van der Waals surface area contributed by atoms with Gasteiger partial charge in [0.05, 0.1) is 18.4 Å². The first-order chi connectivity index (χ1) is 12.6. The molecule has 4 heteroatoms. The summed E-state index contributed by atoms with van der Waals surface area (Å²) in [5.74, 6) is 0.559. The van der Waals surface area contributed by atoms with Crippen LogP contribution in [0, 0.1) is 6.92 Å². The maximum absolute atomic E-state index is 11.3. The Hall–Kier alpha value is -2.59. The minimum atomic E-state index is -0.0656. The van der Waals surface area contributed by atoms with E-state index in [0.29, 0.717) is 18.6 Å². The van der Waals surface area contributed by atoms with Crippen LogP contribution in [0.2, 0.25) is 0 Å². The molecule has 3 aromatic rings. The minimum absolute atomic E-state index is 0.0656. The molecular formula is C22H24N2O2. The van der Waals surface area contributed by atoms with Gasteiger partial charge in [0.1, 0.15) is 0 Å². The average molecular weight is 348 g/mol. The Bertz CT molecular complexity index is 921. The molecule has 0 bridgehead atoms. The second kappa shape index (κ2) is 6.96. The van der Waals surface area contributed by atoms with Gasteiger partial charge in [-0.15, -0.1) is 0 Å².